The highest BCUT2D eigenvalue weighted by atomic mass is 35.5. The summed E-state index contributed by atoms with van der Waals surface area (Å²) in [5.41, 5.74) is 7.49. The highest BCUT2D eigenvalue weighted by Gasteiger charge is 2.32. The molecule has 0 aromatic heterocycles. The van der Waals surface area contributed by atoms with E-state index in [0.29, 0.717) is 11.3 Å². The van der Waals surface area contributed by atoms with Gasteiger partial charge < -0.3 is 10.5 Å². The van der Waals surface area contributed by atoms with Crippen molar-refractivity contribution in [3.63, 3.8) is 0 Å². The molecule has 2 N–H and O–H groups in total. The van der Waals surface area contributed by atoms with Crippen molar-refractivity contribution in [1.82, 2.24) is 4.90 Å². The Labute approximate surface area is 135 Å². The number of nitrogens with zero attached hydrogens (tertiary/aromatic N) is 1. The lowest BCUT2D eigenvalue weighted by molar-refractivity contribution is 0.266. The molecule has 1 aromatic carbocycles. The predicted octanol–water partition coefficient (Wildman–Crippen LogP) is 3.31. The Hall–Kier alpha value is -0.770. The van der Waals surface area contributed by atoms with Gasteiger partial charge in [0, 0.05) is 13.1 Å². The second-order valence-corrected chi connectivity index (χ2v) is 6.83. The van der Waals surface area contributed by atoms with Crippen LogP contribution in [0.15, 0.2) is 24.3 Å². The average molecular weight is 313 g/mol. The molecule has 0 saturated carbocycles. The fourth-order valence-electron chi connectivity index (χ4n) is 2.68. The summed E-state index contributed by atoms with van der Waals surface area (Å²) in [6.07, 6.45) is 1.20. The molecule has 2 rings (SSSR count). The summed E-state index contributed by atoms with van der Waals surface area (Å²) in [6, 6.07) is 8.48. The van der Waals surface area contributed by atoms with E-state index in [-0.39, 0.29) is 12.4 Å². The summed E-state index contributed by atoms with van der Waals surface area (Å²) in [5.74, 6) is 1.54. The Bertz CT molecular complexity index is 439. The van der Waals surface area contributed by atoms with E-state index in [1.165, 1.54) is 12.0 Å². The fourth-order valence-corrected chi connectivity index (χ4v) is 2.68. The molecule has 1 aliphatic rings. The van der Waals surface area contributed by atoms with Gasteiger partial charge in [-0.05, 0) is 48.5 Å². The summed E-state index contributed by atoms with van der Waals surface area (Å²) in [4.78, 5) is 2.49. The molecule has 0 radical (unpaired) electrons. The first kappa shape index (κ1) is 18.3. The normalized spacial score (nSPS) is 22.3. The second kappa shape index (κ2) is 8.02. The molecule has 4 heteroatoms. The molecule has 1 atom stereocenters. The van der Waals surface area contributed by atoms with Crippen molar-refractivity contribution in [3.05, 3.63) is 29.8 Å². The van der Waals surface area contributed by atoms with E-state index in [2.05, 4.69) is 43.9 Å². The van der Waals surface area contributed by atoms with E-state index in [9.17, 15) is 0 Å². The zero-order chi connectivity index (χ0) is 14.6. The number of hydrogen-bond acceptors (Lipinski definition) is 3. The van der Waals surface area contributed by atoms with Gasteiger partial charge in [-0.1, -0.05) is 32.9 Å². The lowest BCUT2D eigenvalue weighted by Gasteiger charge is -2.22. The molecule has 1 unspecified atom stereocenters. The summed E-state index contributed by atoms with van der Waals surface area (Å²) < 4.78 is 5.80. The van der Waals surface area contributed by atoms with Crippen LogP contribution >= 0.6 is 12.4 Å². The first-order valence-electron chi connectivity index (χ1n) is 7.65. The molecule has 0 amide bonds. The third-order valence-corrected chi connectivity index (χ3v) is 4.02. The maximum atomic E-state index is 5.87. The van der Waals surface area contributed by atoms with Gasteiger partial charge >= 0.3 is 0 Å². The van der Waals surface area contributed by atoms with E-state index in [1.54, 1.807) is 0 Å². The van der Waals surface area contributed by atoms with Crippen LogP contribution in [0.5, 0.6) is 5.75 Å². The molecule has 0 spiro atoms. The number of benzene rings is 1. The Morgan fingerprint density at radius 1 is 1.38 bits per heavy atom. The van der Waals surface area contributed by atoms with Crippen LogP contribution in [0.4, 0.5) is 0 Å². The number of ether oxygens (including phenoxy) is 1. The number of rotatable bonds is 6. The lowest BCUT2D eigenvalue weighted by atomic mass is 9.90. The molecule has 1 saturated heterocycles. The van der Waals surface area contributed by atoms with Gasteiger partial charge in [0.2, 0.25) is 0 Å². The van der Waals surface area contributed by atoms with Crippen LogP contribution in [0.3, 0.4) is 0 Å². The maximum absolute atomic E-state index is 5.87. The summed E-state index contributed by atoms with van der Waals surface area (Å²) >= 11 is 0. The van der Waals surface area contributed by atoms with E-state index in [4.69, 9.17) is 10.5 Å². The predicted molar refractivity (Wildman–Crippen MR) is 91.1 cm³/mol. The Kier molecular flexibility index (Phi) is 6.98. The van der Waals surface area contributed by atoms with Crippen LogP contribution in [0, 0.1) is 11.3 Å². The Morgan fingerprint density at radius 3 is 2.76 bits per heavy atom. The first-order chi connectivity index (χ1) is 9.50. The number of hydrogen-bond donors (Lipinski definition) is 1. The SMILES string of the molecule is CC(C)COc1cccc(CN2CCC(C)(CN)C2)c1.Cl. The number of likely N-dealkylation sites (tertiary alicyclic amines) is 1. The average Bonchev–Trinajstić information content (AvgIpc) is 2.79. The molecule has 3 nitrogen and oxygen atoms in total. The van der Waals surface area contributed by atoms with E-state index >= 15 is 0 Å². The largest absolute Gasteiger partial charge is 0.493 e. The smallest absolute Gasteiger partial charge is 0.119 e. The van der Waals surface area contributed by atoms with Crippen LogP contribution in [0.1, 0.15) is 32.8 Å². The minimum absolute atomic E-state index is 0. The second-order valence-electron chi connectivity index (χ2n) is 6.83. The standard InChI is InChI=1S/C17H28N2O.ClH/c1-14(2)11-20-16-6-4-5-15(9-16)10-19-8-7-17(3,12-18)13-19;/h4-6,9,14H,7-8,10-13,18H2,1-3H3;1H. The highest BCUT2D eigenvalue weighted by Crippen LogP contribution is 2.29. The molecule has 1 fully saturated rings. The molecule has 21 heavy (non-hydrogen) atoms. The number of halogens is 1. The van der Waals surface area contributed by atoms with Gasteiger partial charge in [-0.15, -0.1) is 12.4 Å². The molecular weight excluding hydrogens is 284 g/mol. The quantitative estimate of drug-likeness (QED) is 0.876. The zero-order valence-corrected chi connectivity index (χ0v) is 14.3. The van der Waals surface area contributed by atoms with Crippen molar-refractivity contribution in [2.75, 3.05) is 26.2 Å². The van der Waals surface area contributed by atoms with Gasteiger partial charge in [-0.3, -0.25) is 4.90 Å². The topological polar surface area (TPSA) is 38.5 Å². The molecular formula is C17H29ClN2O. The highest BCUT2D eigenvalue weighted by molar-refractivity contribution is 5.85. The Balaban J connectivity index is 0.00000220. The van der Waals surface area contributed by atoms with Gasteiger partial charge in [0.1, 0.15) is 5.75 Å². The van der Waals surface area contributed by atoms with Gasteiger partial charge in [-0.25, -0.2) is 0 Å². The van der Waals surface area contributed by atoms with Crippen LogP contribution < -0.4 is 10.5 Å². The van der Waals surface area contributed by atoms with Crippen molar-refractivity contribution in [2.45, 2.75) is 33.7 Å². The van der Waals surface area contributed by atoms with Gasteiger partial charge in [0.05, 0.1) is 6.61 Å². The number of nitrogens with two attached hydrogens (primary N) is 1. The maximum Gasteiger partial charge on any atom is 0.119 e. The first-order valence-corrected chi connectivity index (χ1v) is 7.65. The van der Waals surface area contributed by atoms with Gasteiger partial charge in [0.15, 0.2) is 0 Å². The van der Waals surface area contributed by atoms with Crippen LogP contribution in [0.2, 0.25) is 0 Å². The van der Waals surface area contributed by atoms with Gasteiger partial charge in [0.25, 0.3) is 0 Å². The van der Waals surface area contributed by atoms with Crippen molar-refractivity contribution in [1.29, 1.82) is 0 Å². The van der Waals surface area contributed by atoms with Crippen molar-refractivity contribution in [3.8, 4) is 5.75 Å². The lowest BCUT2D eigenvalue weighted by Crippen LogP contribution is -2.31. The minimum atomic E-state index is 0. The van der Waals surface area contributed by atoms with Gasteiger partial charge in [-0.2, -0.15) is 0 Å². The summed E-state index contributed by atoms with van der Waals surface area (Å²) in [5, 5.41) is 0. The van der Waals surface area contributed by atoms with Crippen LogP contribution in [-0.4, -0.2) is 31.1 Å². The molecule has 120 valence electrons. The third kappa shape index (κ3) is 5.50. The molecule has 1 aromatic rings. The summed E-state index contributed by atoms with van der Waals surface area (Å²) in [6.45, 7) is 11.4. The van der Waals surface area contributed by atoms with Crippen LogP contribution in [0.25, 0.3) is 0 Å². The van der Waals surface area contributed by atoms with Crippen molar-refractivity contribution < 1.29 is 4.74 Å². The van der Waals surface area contributed by atoms with Crippen molar-refractivity contribution in [2.24, 2.45) is 17.1 Å². The van der Waals surface area contributed by atoms with Crippen LogP contribution in [-0.2, 0) is 6.54 Å². The molecule has 1 aliphatic heterocycles. The van der Waals surface area contributed by atoms with E-state index in [1.807, 2.05) is 6.07 Å². The Morgan fingerprint density at radius 2 is 2.14 bits per heavy atom. The molecule has 0 bridgehead atoms. The minimum Gasteiger partial charge on any atom is -0.493 e. The zero-order valence-electron chi connectivity index (χ0n) is 13.5. The monoisotopic (exact) mass is 312 g/mol. The molecule has 0 aliphatic carbocycles. The third-order valence-electron chi connectivity index (χ3n) is 4.02. The summed E-state index contributed by atoms with van der Waals surface area (Å²) in [7, 11) is 0. The fraction of sp³-hybridized carbons (Fsp3) is 0.647. The van der Waals surface area contributed by atoms with E-state index in [0.717, 1.165) is 38.5 Å². The van der Waals surface area contributed by atoms with E-state index < -0.39 is 0 Å². The van der Waals surface area contributed by atoms with Crippen molar-refractivity contribution >= 4 is 12.4 Å². The molecule has 1 heterocycles.